The van der Waals surface area contributed by atoms with Gasteiger partial charge >= 0.3 is 5.97 Å². The molecule has 0 amide bonds. The van der Waals surface area contributed by atoms with Gasteiger partial charge in [0.25, 0.3) is 5.56 Å². The molecule has 0 saturated heterocycles. The molecule has 2 aromatic carbocycles. The van der Waals surface area contributed by atoms with Crippen LogP contribution in [-0.2, 0) is 11.3 Å². The highest BCUT2D eigenvalue weighted by molar-refractivity contribution is 7.17. The highest BCUT2D eigenvalue weighted by Gasteiger charge is 2.14. The highest BCUT2D eigenvalue weighted by atomic mass is 32.1. The van der Waals surface area contributed by atoms with Crippen molar-refractivity contribution in [1.29, 1.82) is 0 Å². The van der Waals surface area contributed by atoms with Crippen LogP contribution >= 0.6 is 11.3 Å². The molecule has 0 saturated carbocycles. The molecule has 0 radical (unpaired) electrons. The van der Waals surface area contributed by atoms with Gasteiger partial charge in [0.1, 0.15) is 4.83 Å². The van der Waals surface area contributed by atoms with Gasteiger partial charge in [-0.05, 0) is 36.6 Å². The van der Waals surface area contributed by atoms with Crippen molar-refractivity contribution < 1.29 is 9.53 Å². The molecule has 0 aliphatic carbocycles. The number of rotatable bonds is 6. The fraction of sp³-hybridized carbons (Fsp3) is 0.208. The second kappa shape index (κ2) is 8.63. The zero-order chi connectivity index (χ0) is 21.1. The number of benzene rings is 2. The van der Waals surface area contributed by atoms with E-state index in [1.165, 1.54) is 16.9 Å². The van der Waals surface area contributed by atoms with Crippen LogP contribution in [0, 0.1) is 6.92 Å². The molecule has 0 spiro atoms. The number of nitrogens with zero attached hydrogens (tertiary/aromatic N) is 2. The first-order valence-corrected chi connectivity index (χ1v) is 10.7. The van der Waals surface area contributed by atoms with Crippen molar-refractivity contribution in [3.8, 4) is 11.1 Å². The van der Waals surface area contributed by atoms with Crippen molar-refractivity contribution in [3.63, 3.8) is 0 Å². The summed E-state index contributed by atoms with van der Waals surface area (Å²) < 4.78 is 6.79. The molecule has 152 valence electrons. The van der Waals surface area contributed by atoms with Crippen LogP contribution in [0.2, 0.25) is 0 Å². The number of fused-ring (bicyclic) bond motifs is 1. The zero-order valence-corrected chi connectivity index (χ0v) is 17.7. The third-order valence-electron chi connectivity index (χ3n) is 4.88. The van der Waals surface area contributed by atoms with Crippen molar-refractivity contribution in [2.24, 2.45) is 0 Å². The first kappa shape index (κ1) is 20.0. The second-order valence-corrected chi connectivity index (χ2v) is 8.07. The Balaban J connectivity index is 1.68. The van der Waals surface area contributed by atoms with Gasteiger partial charge in [-0.15, -0.1) is 11.3 Å². The van der Waals surface area contributed by atoms with E-state index in [2.05, 4.69) is 4.98 Å². The van der Waals surface area contributed by atoms with E-state index >= 15 is 0 Å². The molecule has 0 fully saturated rings. The molecule has 2 aromatic heterocycles. The summed E-state index contributed by atoms with van der Waals surface area (Å²) in [5.74, 6) is -0.348. The summed E-state index contributed by atoms with van der Waals surface area (Å²) in [7, 11) is 0. The summed E-state index contributed by atoms with van der Waals surface area (Å²) in [4.78, 5) is 30.6. The number of aryl methyl sites for hydroxylation is 1. The van der Waals surface area contributed by atoms with Crippen LogP contribution in [0.3, 0.4) is 0 Å². The van der Waals surface area contributed by atoms with E-state index < -0.39 is 0 Å². The lowest BCUT2D eigenvalue weighted by Crippen LogP contribution is -2.21. The minimum atomic E-state index is -0.348. The van der Waals surface area contributed by atoms with Crippen LogP contribution in [-0.4, -0.2) is 22.1 Å². The molecule has 0 N–H and O–H groups in total. The number of ether oxygens (including phenoxy) is 1. The molecule has 30 heavy (non-hydrogen) atoms. The lowest BCUT2D eigenvalue weighted by molar-refractivity contribution is 0.0505. The van der Waals surface area contributed by atoms with Crippen LogP contribution in [0.1, 0.15) is 34.8 Å². The summed E-state index contributed by atoms with van der Waals surface area (Å²) in [5.41, 5.74) is 4.32. The maximum absolute atomic E-state index is 13.3. The van der Waals surface area contributed by atoms with E-state index in [9.17, 15) is 9.59 Å². The predicted molar refractivity (Wildman–Crippen MR) is 120 cm³/mol. The molecular weight excluding hydrogens is 396 g/mol. The highest BCUT2D eigenvalue weighted by Crippen LogP contribution is 2.30. The van der Waals surface area contributed by atoms with Crippen molar-refractivity contribution in [2.75, 3.05) is 6.61 Å². The Morgan fingerprint density at radius 1 is 1.17 bits per heavy atom. The van der Waals surface area contributed by atoms with E-state index in [1.807, 2.05) is 49.6 Å². The van der Waals surface area contributed by atoms with Gasteiger partial charge in [0, 0.05) is 10.9 Å². The molecule has 4 aromatic rings. The number of aromatic nitrogens is 2. The Labute approximate surface area is 178 Å². The molecule has 5 nitrogen and oxygen atoms in total. The minimum absolute atomic E-state index is 0.0872. The van der Waals surface area contributed by atoms with Crippen molar-refractivity contribution >= 4 is 27.5 Å². The Hall–Kier alpha value is -3.25. The Morgan fingerprint density at radius 2 is 1.97 bits per heavy atom. The number of hydrogen-bond acceptors (Lipinski definition) is 5. The third kappa shape index (κ3) is 4.04. The van der Waals surface area contributed by atoms with Gasteiger partial charge in [0.15, 0.2) is 0 Å². The largest absolute Gasteiger partial charge is 0.462 e. The number of carbonyl (C=O) groups is 1. The topological polar surface area (TPSA) is 61.2 Å². The van der Waals surface area contributed by atoms with Gasteiger partial charge in [0.05, 0.1) is 30.4 Å². The quantitative estimate of drug-likeness (QED) is 0.411. The van der Waals surface area contributed by atoms with Gasteiger partial charge in [0.2, 0.25) is 0 Å². The Bertz CT molecular complexity index is 1260. The molecule has 0 atom stereocenters. The molecule has 6 heteroatoms. The molecule has 4 rings (SSSR count). The fourth-order valence-corrected chi connectivity index (χ4v) is 4.20. The van der Waals surface area contributed by atoms with Crippen LogP contribution in [0.25, 0.3) is 21.3 Å². The number of carbonyl (C=O) groups excluding carboxylic acids is 1. The maximum Gasteiger partial charge on any atom is 0.338 e. The van der Waals surface area contributed by atoms with Crippen molar-refractivity contribution in [1.82, 2.24) is 9.55 Å². The van der Waals surface area contributed by atoms with E-state index in [-0.39, 0.29) is 11.5 Å². The first-order chi connectivity index (χ1) is 14.6. The Kier molecular flexibility index (Phi) is 5.77. The lowest BCUT2D eigenvalue weighted by Gasteiger charge is -2.08. The first-order valence-electron chi connectivity index (χ1n) is 9.86. The summed E-state index contributed by atoms with van der Waals surface area (Å²) >= 11 is 1.47. The molecule has 2 heterocycles. The van der Waals surface area contributed by atoms with Gasteiger partial charge in [-0.3, -0.25) is 9.36 Å². The average Bonchev–Trinajstić information content (AvgIpc) is 3.19. The second-order valence-electron chi connectivity index (χ2n) is 7.21. The van der Waals surface area contributed by atoms with E-state index in [0.29, 0.717) is 24.1 Å². The van der Waals surface area contributed by atoms with Crippen LogP contribution in [0.4, 0.5) is 0 Å². The van der Waals surface area contributed by atoms with Crippen molar-refractivity contribution in [2.45, 2.75) is 26.8 Å². The number of esters is 1. The van der Waals surface area contributed by atoms with Gasteiger partial charge < -0.3 is 4.74 Å². The molecule has 0 aliphatic heterocycles. The summed E-state index contributed by atoms with van der Waals surface area (Å²) in [6.45, 7) is 4.72. The van der Waals surface area contributed by atoms with Crippen LogP contribution in [0.15, 0.2) is 65.0 Å². The summed E-state index contributed by atoms with van der Waals surface area (Å²) in [6, 6.07) is 15.3. The fourth-order valence-electron chi connectivity index (χ4n) is 3.30. The van der Waals surface area contributed by atoms with Crippen LogP contribution < -0.4 is 5.56 Å². The minimum Gasteiger partial charge on any atom is -0.462 e. The SMILES string of the molecule is CCCOC(=O)c1cccc(Cn2cnc3scc(-c4ccc(C)cc4)c3c2=O)c1. The summed E-state index contributed by atoms with van der Waals surface area (Å²) in [5, 5.41) is 2.61. The third-order valence-corrected chi connectivity index (χ3v) is 5.76. The summed E-state index contributed by atoms with van der Waals surface area (Å²) in [6.07, 6.45) is 2.35. The monoisotopic (exact) mass is 418 g/mol. The van der Waals surface area contributed by atoms with Crippen LogP contribution in [0.5, 0.6) is 0 Å². The normalized spacial score (nSPS) is 11.0. The average molecular weight is 419 g/mol. The standard InChI is InChI=1S/C24H22N2O3S/c1-3-11-29-24(28)19-6-4-5-17(12-19)13-26-15-25-22-21(23(26)27)20(14-30-22)18-9-7-16(2)8-10-18/h4-10,12,14-15H,3,11,13H2,1-2H3. The smallest absolute Gasteiger partial charge is 0.338 e. The molecule has 0 aliphatic rings. The molecule has 0 unspecified atom stereocenters. The lowest BCUT2D eigenvalue weighted by atomic mass is 10.0. The maximum atomic E-state index is 13.3. The Morgan fingerprint density at radius 3 is 2.73 bits per heavy atom. The molecule has 0 bridgehead atoms. The van der Waals surface area contributed by atoms with Crippen molar-refractivity contribution in [3.05, 3.63) is 87.3 Å². The van der Waals surface area contributed by atoms with Gasteiger partial charge in [-0.2, -0.15) is 0 Å². The predicted octanol–water partition coefficient (Wildman–Crippen LogP) is 5.05. The number of thiophene rings is 1. The zero-order valence-electron chi connectivity index (χ0n) is 16.9. The van der Waals surface area contributed by atoms with E-state index in [4.69, 9.17) is 4.74 Å². The van der Waals surface area contributed by atoms with Gasteiger partial charge in [-0.1, -0.05) is 48.9 Å². The van der Waals surface area contributed by atoms with E-state index in [1.54, 1.807) is 29.1 Å². The molecular formula is C24H22N2O3S. The number of hydrogen-bond donors (Lipinski definition) is 0. The van der Waals surface area contributed by atoms with Gasteiger partial charge in [-0.25, -0.2) is 9.78 Å². The van der Waals surface area contributed by atoms with E-state index in [0.717, 1.165) is 27.9 Å².